The van der Waals surface area contributed by atoms with Crippen molar-refractivity contribution in [2.24, 2.45) is 5.41 Å². The van der Waals surface area contributed by atoms with E-state index in [1.807, 2.05) is 6.07 Å². The summed E-state index contributed by atoms with van der Waals surface area (Å²) in [6, 6.07) is 8.43. The topological polar surface area (TPSA) is 9.23 Å². The number of rotatable bonds is 4. The predicted octanol–water partition coefficient (Wildman–Crippen LogP) is 4.06. The minimum Gasteiger partial charge on any atom is -0.494 e. The molecule has 1 nitrogen and oxygen atoms in total. The minimum absolute atomic E-state index is 0.337. The summed E-state index contributed by atoms with van der Waals surface area (Å²) in [4.78, 5) is 0. The molecule has 1 aromatic carbocycles. The molecular formula is C14H22O. The van der Waals surface area contributed by atoms with E-state index in [-0.39, 0.29) is 0 Å². The van der Waals surface area contributed by atoms with Crippen LogP contribution in [-0.4, -0.2) is 6.61 Å². The summed E-state index contributed by atoms with van der Waals surface area (Å²) in [7, 11) is 0. The first kappa shape index (κ1) is 12.1. The quantitative estimate of drug-likeness (QED) is 0.721. The highest BCUT2D eigenvalue weighted by molar-refractivity contribution is 5.29. The van der Waals surface area contributed by atoms with E-state index in [1.165, 1.54) is 5.56 Å². The number of benzene rings is 1. The normalized spacial score (nSPS) is 11.5. The fourth-order valence-corrected chi connectivity index (χ4v) is 1.58. The van der Waals surface area contributed by atoms with E-state index >= 15 is 0 Å². The average molecular weight is 206 g/mol. The summed E-state index contributed by atoms with van der Waals surface area (Å²) in [6.45, 7) is 9.70. The standard InChI is InChI=1S/C14H22O/c1-5-9-15-13-8-6-7-12(10-13)11-14(2,3)4/h6-8,10H,5,9,11H2,1-4H3. The van der Waals surface area contributed by atoms with Crippen LogP contribution < -0.4 is 4.74 Å². The van der Waals surface area contributed by atoms with Crippen molar-refractivity contribution in [3.8, 4) is 5.75 Å². The van der Waals surface area contributed by atoms with Crippen molar-refractivity contribution in [3.05, 3.63) is 29.8 Å². The van der Waals surface area contributed by atoms with Gasteiger partial charge in [-0.05, 0) is 36.0 Å². The Morgan fingerprint density at radius 3 is 2.53 bits per heavy atom. The Balaban J connectivity index is 2.66. The van der Waals surface area contributed by atoms with Crippen molar-refractivity contribution in [2.75, 3.05) is 6.61 Å². The number of hydrogen-bond donors (Lipinski definition) is 0. The Kier molecular flexibility index (Phi) is 4.19. The number of ether oxygens (including phenoxy) is 1. The van der Waals surface area contributed by atoms with Gasteiger partial charge in [-0.3, -0.25) is 0 Å². The van der Waals surface area contributed by atoms with Crippen molar-refractivity contribution >= 4 is 0 Å². The molecule has 0 aromatic heterocycles. The van der Waals surface area contributed by atoms with E-state index in [2.05, 4.69) is 45.9 Å². The first-order chi connectivity index (χ1) is 7.01. The maximum atomic E-state index is 5.61. The third-order valence-electron chi connectivity index (χ3n) is 2.11. The second-order valence-electron chi connectivity index (χ2n) is 5.23. The van der Waals surface area contributed by atoms with E-state index in [0.717, 1.165) is 25.2 Å². The molecule has 0 aliphatic heterocycles. The third kappa shape index (κ3) is 4.87. The van der Waals surface area contributed by atoms with Gasteiger partial charge >= 0.3 is 0 Å². The first-order valence-corrected chi connectivity index (χ1v) is 5.73. The fraction of sp³-hybridized carbons (Fsp3) is 0.571. The van der Waals surface area contributed by atoms with Crippen LogP contribution in [0.15, 0.2) is 24.3 Å². The molecule has 84 valence electrons. The number of hydrogen-bond acceptors (Lipinski definition) is 1. The zero-order valence-corrected chi connectivity index (χ0v) is 10.3. The molecular weight excluding hydrogens is 184 g/mol. The van der Waals surface area contributed by atoms with Crippen molar-refractivity contribution in [1.82, 2.24) is 0 Å². The first-order valence-electron chi connectivity index (χ1n) is 5.73. The van der Waals surface area contributed by atoms with Crippen LogP contribution in [0.25, 0.3) is 0 Å². The van der Waals surface area contributed by atoms with Gasteiger partial charge in [-0.2, -0.15) is 0 Å². The SMILES string of the molecule is CCCOc1cccc(CC(C)(C)C)c1. The molecule has 0 saturated heterocycles. The lowest BCUT2D eigenvalue weighted by molar-refractivity contribution is 0.316. The lowest BCUT2D eigenvalue weighted by atomic mass is 9.88. The Bertz CT molecular complexity index is 296. The largest absolute Gasteiger partial charge is 0.494 e. The highest BCUT2D eigenvalue weighted by Gasteiger charge is 2.11. The van der Waals surface area contributed by atoms with E-state index in [4.69, 9.17) is 4.74 Å². The molecule has 0 saturated carbocycles. The monoisotopic (exact) mass is 206 g/mol. The molecule has 0 aliphatic rings. The van der Waals surface area contributed by atoms with E-state index < -0.39 is 0 Å². The van der Waals surface area contributed by atoms with E-state index in [1.54, 1.807) is 0 Å². The minimum atomic E-state index is 0.337. The van der Waals surface area contributed by atoms with Gasteiger partial charge in [0.15, 0.2) is 0 Å². The van der Waals surface area contributed by atoms with Crippen LogP contribution in [-0.2, 0) is 6.42 Å². The molecule has 0 fully saturated rings. The van der Waals surface area contributed by atoms with Gasteiger partial charge in [-0.15, -0.1) is 0 Å². The summed E-state index contributed by atoms with van der Waals surface area (Å²) in [5, 5.41) is 0. The van der Waals surface area contributed by atoms with Crippen LogP contribution in [0.5, 0.6) is 5.75 Å². The molecule has 0 N–H and O–H groups in total. The predicted molar refractivity (Wildman–Crippen MR) is 65.4 cm³/mol. The molecule has 0 heterocycles. The van der Waals surface area contributed by atoms with Crippen LogP contribution in [0.1, 0.15) is 39.7 Å². The van der Waals surface area contributed by atoms with E-state index in [0.29, 0.717) is 5.41 Å². The second kappa shape index (κ2) is 5.20. The van der Waals surface area contributed by atoms with Gasteiger partial charge in [0.25, 0.3) is 0 Å². The lowest BCUT2D eigenvalue weighted by Gasteiger charge is -2.18. The summed E-state index contributed by atoms with van der Waals surface area (Å²) in [5.41, 5.74) is 1.69. The van der Waals surface area contributed by atoms with Gasteiger partial charge in [0, 0.05) is 0 Å². The molecule has 0 atom stereocenters. The van der Waals surface area contributed by atoms with Crippen LogP contribution in [0.2, 0.25) is 0 Å². The van der Waals surface area contributed by atoms with Crippen molar-refractivity contribution in [2.45, 2.75) is 40.5 Å². The van der Waals surface area contributed by atoms with Gasteiger partial charge < -0.3 is 4.74 Å². The fourth-order valence-electron chi connectivity index (χ4n) is 1.58. The highest BCUT2D eigenvalue weighted by Crippen LogP contribution is 2.23. The average Bonchev–Trinajstić information content (AvgIpc) is 2.12. The van der Waals surface area contributed by atoms with Crippen molar-refractivity contribution < 1.29 is 4.74 Å². The van der Waals surface area contributed by atoms with Crippen molar-refractivity contribution in [1.29, 1.82) is 0 Å². The van der Waals surface area contributed by atoms with Gasteiger partial charge in [0.05, 0.1) is 6.61 Å². The molecule has 0 radical (unpaired) electrons. The molecule has 1 rings (SSSR count). The van der Waals surface area contributed by atoms with Gasteiger partial charge in [0.1, 0.15) is 5.75 Å². The molecule has 0 unspecified atom stereocenters. The van der Waals surface area contributed by atoms with Gasteiger partial charge in [-0.1, -0.05) is 39.8 Å². The Morgan fingerprint density at radius 1 is 1.20 bits per heavy atom. The molecule has 1 aromatic rings. The summed E-state index contributed by atoms with van der Waals surface area (Å²) < 4.78 is 5.61. The highest BCUT2D eigenvalue weighted by atomic mass is 16.5. The Hall–Kier alpha value is -0.980. The summed E-state index contributed by atoms with van der Waals surface area (Å²) in [5.74, 6) is 0.999. The summed E-state index contributed by atoms with van der Waals surface area (Å²) in [6.07, 6.45) is 2.15. The van der Waals surface area contributed by atoms with Gasteiger partial charge in [0.2, 0.25) is 0 Å². The van der Waals surface area contributed by atoms with Crippen LogP contribution >= 0.6 is 0 Å². The molecule has 0 spiro atoms. The van der Waals surface area contributed by atoms with Gasteiger partial charge in [-0.25, -0.2) is 0 Å². The third-order valence-corrected chi connectivity index (χ3v) is 2.11. The Labute approximate surface area is 93.5 Å². The van der Waals surface area contributed by atoms with Crippen molar-refractivity contribution in [3.63, 3.8) is 0 Å². The molecule has 1 heteroatoms. The molecule has 0 aliphatic carbocycles. The molecule has 0 bridgehead atoms. The maximum Gasteiger partial charge on any atom is 0.119 e. The van der Waals surface area contributed by atoms with E-state index in [9.17, 15) is 0 Å². The van der Waals surface area contributed by atoms with Crippen LogP contribution in [0, 0.1) is 5.41 Å². The Morgan fingerprint density at radius 2 is 1.93 bits per heavy atom. The zero-order chi connectivity index (χ0) is 11.3. The molecule has 0 amide bonds. The summed E-state index contributed by atoms with van der Waals surface area (Å²) >= 11 is 0. The maximum absolute atomic E-state index is 5.61. The smallest absolute Gasteiger partial charge is 0.119 e. The zero-order valence-electron chi connectivity index (χ0n) is 10.3. The molecule has 15 heavy (non-hydrogen) atoms. The van der Waals surface area contributed by atoms with Crippen LogP contribution in [0.4, 0.5) is 0 Å². The lowest BCUT2D eigenvalue weighted by Crippen LogP contribution is -2.09. The van der Waals surface area contributed by atoms with Crippen LogP contribution in [0.3, 0.4) is 0 Å². The second-order valence-corrected chi connectivity index (χ2v) is 5.23.